The van der Waals surface area contributed by atoms with Crippen molar-refractivity contribution in [1.82, 2.24) is 0 Å². The van der Waals surface area contributed by atoms with Gasteiger partial charge in [0.05, 0.1) is 10.1 Å². The molecular weight excluding hydrogens is 254 g/mol. The molecule has 0 unspecified atom stereocenters. The van der Waals surface area contributed by atoms with Crippen molar-refractivity contribution in [2.75, 3.05) is 23.0 Å². The molecule has 15 heavy (non-hydrogen) atoms. The second-order valence-corrected chi connectivity index (χ2v) is 5.36. The maximum atomic E-state index is 10.1. The molecule has 0 N–H and O–H groups in total. The fourth-order valence-electron chi connectivity index (χ4n) is 0.410. The third kappa shape index (κ3) is 21.5. The van der Waals surface area contributed by atoms with E-state index in [0.717, 1.165) is 12.0 Å². The Morgan fingerprint density at radius 3 is 2.20 bits per heavy atom. The Balaban J connectivity index is -0.000000720. The number of hydrogen-bond acceptors (Lipinski definition) is 8. The summed E-state index contributed by atoms with van der Waals surface area (Å²) < 4.78 is 34.3. The van der Waals surface area contributed by atoms with Crippen LogP contribution in [0, 0.1) is 0 Å². The van der Waals surface area contributed by atoms with Gasteiger partial charge in [-0.2, -0.15) is 16.1 Å². The molecular formula is C4H8Li2O6S3. The summed E-state index contributed by atoms with van der Waals surface area (Å²) in [6.07, 6.45) is 0. The molecule has 0 aromatic carbocycles. The summed E-state index contributed by atoms with van der Waals surface area (Å²) in [5.74, 6) is 0.960. The minimum atomic E-state index is -4.11. The average Bonchev–Trinajstić information content (AvgIpc) is 2.01. The van der Waals surface area contributed by atoms with Crippen LogP contribution in [0.15, 0.2) is 0 Å². The summed E-state index contributed by atoms with van der Waals surface area (Å²) in [6, 6.07) is 0. The van der Waals surface area contributed by atoms with E-state index in [4.69, 9.17) is 0 Å². The molecule has 80 valence electrons. The van der Waals surface area contributed by atoms with Gasteiger partial charge in [-0.3, -0.25) is 5.04 Å². The summed E-state index contributed by atoms with van der Waals surface area (Å²) in [4.78, 5) is 0. The predicted molar refractivity (Wildman–Crippen MR) is 46.5 cm³/mol. The third-order valence-electron chi connectivity index (χ3n) is 0.865. The van der Waals surface area contributed by atoms with Gasteiger partial charge in [-0.15, -0.1) is 0 Å². The van der Waals surface area contributed by atoms with Crippen LogP contribution in [0.25, 0.3) is 0 Å². The SMILES string of the molecule is O=S(=O)([O-])CCSCCSOO[O-].[Li+].[Li+]. The Morgan fingerprint density at radius 2 is 1.73 bits per heavy atom. The van der Waals surface area contributed by atoms with E-state index >= 15 is 0 Å². The van der Waals surface area contributed by atoms with Crippen LogP contribution in [0.5, 0.6) is 0 Å². The second kappa shape index (κ2) is 13.7. The van der Waals surface area contributed by atoms with Gasteiger partial charge in [0.15, 0.2) is 0 Å². The van der Waals surface area contributed by atoms with Crippen molar-refractivity contribution in [2.24, 2.45) is 0 Å². The van der Waals surface area contributed by atoms with Crippen LogP contribution in [-0.4, -0.2) is 36.0 Å². The quantitative estimate of drug-likeness (QED) is 0.106. The largest absolute Gasteiger partial charge is 1.00 e. The second-order valence-electron chi connectivity index (χ2n) is 1.83. The van der Waals surface area contributed by atoms with Crippen LogP contribution >= 0.6 is 23.8 Å². The van der Waals surface area contributed by atoms with E-state index in [-0.39, 0.29) is 49.2 Å². The maximum Gasteiger partial charge on any atom is 1.00 e. The fraction of sp³-hybridized carbons (Fsp3) is 1.00. The molecule has 0 aliphatic rings. The summed E-state index contributed by atoms with van der Waals surface area (Å²) >= 11 is 2.12. The normalized spacial score (nSPS) is 10.3. The Kier molecular flexibility index (Phi) is 20.1. The van der Waals surface area contributed by atoms with Crippen molar-refractivity contribution >= 4 is 33.9 Å². The van der Waals surface area contributed by atoms with Gasteiger partial charge in [-0.25, -0.2) is 8.42 Å². The minimum Gasteiger partial charge on any atom is -0.748 e. The standard InChI is InChI=1S/C4H10O6S3.2Li/c5-9-10-12-2-1-11-3-4-13(6,7)8;;/h5H,1-4H2,(H,6,7,8);;/q;2*+1/p-2. The summed E-state index contributed by atoms with van der Waals surface area (Å²) in [5, 5.41) is 12.3. The predicted octanol–water partition coefficient (Wildman–Crippen LogP) is -6.86. The first kappa shape index (κ1) is 21.9. The van der Waals surface area contributed by atoms with Crippen molar-refractivity contribution in [3.05, 3.63) is 0 Å². The average molecular weight is 262 g/mol. The van der Waals surface area contributed by atoms with Gasteiger partial charge in [0, 0.05) is 35.1 Å². The molecule has 0 aromatic rings. The van der Waals surface area contributed by atoms with E-state index in [9.17, 15) is 18.2 Å². The van der Waals surface area contributed by atoms with Crippen LogP contribution in [0.4, 0.5) is 0 Å². The maximum absolute atomic E-state index is 10.1. The van der Waals surface area contributed by atoms with E-state index in [2.05, 4.69) is 9.37 Å². The van der Waals surface area contributed by atoms with E-state index in [1.807, 2.05) is 0 Å². The molecule has 0 rings (SSSR count). The van der Waals surface area contributed by atoms with Gasteiger partial charge >= 0.3 is 37.7 Å². The van der Waals surface area contributed by atoms with Crippen molar-refractivity contribution in [2.45, 2.75) is 0 Å². The van der Waals surface area contributed by atoms with Crippen LogP contribution in [0.2, 0.25) is 0 Å². The first-order valence-electron chi connectivity index (χ1n) is 3.15. The molecule has 0 aliphatic heterocycles. The fourth-order valence-corrected chi connectivity index (χ4v) is 2.75. The molecule has 0 aromatic heterocycles. The van der Waals surface area contributed by atoms with Crippen LogP contribution in [-0.2, 0) is 19.5 Å². The van der Waals surface area contributed by atoms with Gasteiger partial charge in [-0.05, 0) is 0 Å². The summed E-state index contributed by atoms with van der Waals surface area (Å²) in [6.45, 7) is 0. The molecule has 11 heteroatoms. The van der Waals surface area contributed by atoms with Crippen LogP contribution in [0.3, 0.4) is 0 Å². The monoisotopic (exact) mass is 262 g/mol. The van der Waals surface area contributed by atoms with Gasteiger partial charge in [0.25, 0.3) is 0 Å². The van der Waals surface area contributed by atoms with E-state index in [1.165, 1.54) is 11.8 Å². The number of thioether (sulfide) groups is 1. The molecule has 0 bridgehead atoms. The number of rotatable bonds is 8. The molecule has 6 nitrogen and oxygen atoms in total. The molecule has 0 saturated heterocycles. The molecule has 0 aliphatic carbocycles. The first-order valence-corrected chi connectivity index (χ1v) is 6.80. The smallest absolute Gasteiger partial charge is 0.748 e. The third-order valence-corrected chi connectivity index (χ3v) is 3.59. The van der Waals surface area contributed by atoms with Crippen molar-refractivity contribution in [1.29, 1.82) is 0 Å². The van der Waals surface area contributed by atoms with Gasteiger partial charge in [0.1, 0.15) is 0 Å². The Hall–Kier alpha value is 1.68. The van der Waals surface area contributed by atoms with Crippen LogP contribution in [0.1, 0.15) is 0 Å². The van der Waals surface area contributed by atoms with E-state index in [0.29, 0.717) is 11.5 Å². The van der Waals surface area contributed by atoms with E-state index in [1.54, 1.807) is 0 Å². The van der Waals surface area contributed by atoms with Crippen molar-refractivity contribution in [3.8, 4) is 0 Å². The summed E-state index contributed by atoms with van der Waals surface area (Å²) in [5.41, 5.74) is 0. The molecule has 0 saturated carbocycles. The molecule has 0 spiro atoms. The summed E-state index contributed by atoms with van der Waals surface area (Å²) in [7, 11) is -4.11. The Morgan fingerprint density at radius 1 is 1.13 bits per heavy atom. The molecule has 0 amide bonds. The topological polar surface area (TPSA) is 98.7 Å². The van der Waals surface area contributed by atoms with Gasteiger partial charge in [0.2, 0.25) is 0 Å². The zero-order valence-electron chi connectivity index (χ0n) is 8.50. The Labute approximate surface area is 121 Å². The Bertz CT molecular complexity index is 210. The van der Waals surface area contributed by atoms with Crippen molar-refractivity contribution < 1.29 is 65.3 Å². The number of hydrogen-bond donors (Lipinski definition) is 0. The molecule has 0 heterocycles. The minimum absolute atomic E-state index is 0. The zero-order valence-corrected chi connectivity index (χ0v) is 11.0. The molecule has 0 fully saturated rings. The first-order chi connectivity index (χ1) is 6.06. The van der Waals surface area contributed by atoms with E-state index < -0.39 is 10.1 Å². The zero-order chi connectivity index (χ0) is 10.2. The molecule has 0 atom stereocenters. The van der Waals surface area contributed by atoms with Crippen molar-refractivity contribution in [3.63, 3.8) is 0 Å². The molecule has 0 radical (unpaired) electrons. The van der Waals surface area contributed by atoms with Gasteiger partial charge < -0.3 is 9.81 Å². The van der Waals surface area contributed by atoms with Gasteiger partial charge in [-0.1, -0.05) is 0 Å². The van der Waals surface area contributed by atoms with Crippen LogP contribution < -0.4 is 43.0 Å².